The van der Waals surface area contributed by atoms with E-state index in [2.05, 4.69) is 4.72 Å². The Kier molecular flexibility index (Phi) is 7.04. The zero-order chi connectivity index (χ0) is 12.2. The first-order valence-electron chi connectivity index (χ1n) is 4.93. The van der Waals surface area contributed by atoms with Crippen LogP contribution in [-0.2, 0) is 10.0 Å². The van der Waals surface area contributed by atoms with Crippen molar-refractivity contribution in [2.24, 2.45) is 5.73 Å². The lowest BCUT2D eigenvalue weighted by atomic mass is 10.2. The minimum absolute atomic E-state index is 0. The number of aryl methyl sites for hydroxylation is 1. The topological polar surface area (TPSA) is 72.2 Å². The van der Waals surface area contributed by atoms with E-state index < -0.39 is 10.0 Å². The van der Waals surface area contributed by atoms with Gasteiger partial charge in [-0.15, -0.1) is 12.4 Å². The predicted molar refractivity (Wildman–Crippen MR) is 72.3 cm³/mol. The number of hydrogen-bond donors (Lipinski definition) is 2. The molecule has 0 aliphatic carbocycles. The van der Waals surface area contributed by atoms with Crippen LogP contribution in [0.25, 0.3) is 0 Å². The van der Waals surface area contributed by atoms with Gasteiger partial charge in [0, 0.05) is 11.6 Å². The second-order valence-electron chi connectivity index (χ2n) is 3.45. The number of benzene rings is 1. The van der Waals surface area contributed by atoms with Gasteiger partial charge in [-0.1, -0.05) is 11.6 Å². The maximum atomic E-state index is 11.8. The fourth-order valence-corrected chi connectivity index (χ4v) is 2.83. The Morgan fingerprint density at radius 1 is 1.41 bits per heavy atom. The molecular weight excluding hydrogens is 283 g/mol. The van der Waals surface area contributed by atoms with Gasteiger partial charge in [-0.2, -0.15) is 0 Å². The number of halogens is 2. The SMILES string of the molecule is Cc1cc(Cl)ccc1S(=O)(=O)NCCCN.Cl. The lowest BCUT2D eigenvalue weighted by molar-refractivity contribution is 0.579. The van der Waals surface area contributed by atoms with Crippen LogP contribution in [0.3, 0.4) is 0 Å². The Hall–Kier alpha value is -0.330. The van der Waals surface area contributed by atoms with Crippen LogP contribution in [0.2, 0.25) is 5.02 Å². The van der Waals surface area contributed by atoms with Gasteiger partial charge < -0.3 is 5.73 Å². The second-order valence-corrected chi connectivity index (χ2v) is 5.62. The van der Waals surface area contributed by atoms with E-state index in [1.54, 1.807) is 19.1 Å². The van der Waals surface area contributed by atoms with Crippen molar-refractivity contribution in [3.05, 3.63) is 28.8 Å². The maximum Gasteiger partial charge on any atom is 0.240 e. The third-order valence-electron chi connectivity index (χ3n) is 2.10. The summed E-state index contributed by atoms with van der Waals surface area (Å²) in [6.45, 7) is 2.52. The van der Waals surface area contributed by atoms with Gasteiger partial charge in [0.05, 0.1) is 4.90 Å². The smallest absolute Gasteiger partial charge is 0.240 e. The van der Waals surface area contributed by atoms with E-state index in [1.165, 1.54) is 6.07 Å². The molecule has 0 aromatic heterocycles. The zero-order valence-electron chi connectivity index (χ0n) is 9.44. The van der Waals surface area contributed by atoms with Crippen molar-refractivity contribution in [3.8, 4) is 0 Å². The maximum absolute atomic E-state index is 11.8. The number of nitrogens with one attached hydrogen (secondary N) is 1. The summed E-state index contributed by atoms with van der Waals surface area (Å²) in [5.41, 5.74) is 5.93. The van der Waals surface area contributed by atoms with Crippen molar-refractivity contribution in [1.82, 2.24) is 4.72 Å². The van der Waals surface area contributed by atoms with Crippen molar-refractivity contribution in [1.29, 1.82) is 0 Å². The van der Waals surface area contributed by atoms with Crippen molar-refractivity contribution >= 4 is 34.0 Å². The van der Waals surface area contributed by atoms with Crippen LogP contribution in [0.4, 0.5) is 0 Å². The van der Waals surface area contributed by atoms with E-state index in [9.17, 15) is 8.42 Å². The first kappa shape index (κ1) is 16.7. The largest absolute Gasteiger partial charge is 0.330 e. The highest BCUT2D eigenvalue weighted by Gasteiger charge is 2.15. The highest BCUT2D eigenvalue weighted by atomic mass is 35.5. The van der Waals surface area contributed by atoms with Gasteiger partial charge in [0.25, 0.3) is 0 Å². The Labute approximate surface area is 113 Å². The normalized spacial score (nSPS) is 11.0. The Bertz CT molecular complexity index is 463. The molecule has 0 saturated heterocycles. The molecule has 0 unspecified atom stereocenters. The van der Waals surface area contributed by atoms with Crippen LogP contribution in [0, 0.1) is 6.92 Å². The molecular formula is C10H16Cl2N2O2S. The molecule has 0 spiro atoms. The molecule has 0 fully saturated rings. The quantitative estimate of drug-likeness (QED) is 0.813. The highest BCUT2D eigenvalue weighted by Crippen LogP contribution is 2.19. The molecule has 0 amide bonds. The van der Waals surface area contributed by atoms with Gasteiger partial charge in [0.15, 0.2) is 0 Å². The van der Waals surface area contributed by atoms with Gasteiger partial charge in [0.2, 0.25) is 10.0 Å². The fourth-order valence-electron chi connectivity index (χ4n) is 1.30. The predicted octanol–water partition coefficient (Wildman–Crippen LogP) is 1.70. The molecule has 3 N–H and O–H groups in total. The molecule has 1 aromatic rings. The van der Waals surface area contributed by atoms with Crippen molar-refractivity contribution < 1.29 is 8.42 Å². The van der Waals surface area contributed by atoms with Crippen LogP contribution in [0.1, 0.15) is 12.0 Å². The summed E-state index contributed by atoms with van der Waals surface area (Å²) in [5, 5.41) is 0.526. The van der Waals surface area contributed by atoms with Gasteiger partial charge in [-0.25, -0.2) is 13.1 Å². The summed E-state index contributed by atoms with van der Waals surface area (Å²) >= 11 is 5.76. The van der Waals surface area contributed by atoms with E-state index in [0.29, 0.717) is 30.1 Å². The number of nitrogens with two attached hydrogens (primary N) is 1. The lowest BCUT2D eigenvalue weighted by Gasteiger charge is -2.08. The third kappa shape index (κ3) is 4.81. The minimum Gasteiger partial charge on any atom is -0.330 e. The molecule has 0 saturated carbocycles. The van der Waals surface area contributed by atoms with Gasteiger partial charge in [0.1, 0.15) is 0 Å². The van der Waals surface area contributed by atoms with E-state index in [1.807, 2.05) is 0 Å². The van der Waals surface area contributed by atoms with Gasteiger partial charge in [-0.05, 0) is 43.7 Å². The Balaban J connectivity index is 0.00000256. The first-order chi connectivity index (χ1) is 7.47. The summed E-state index contributed by atoms with van der Waals surface area (Å²) in [6.07, 6.45) is 0.617. The molecule has 0 radical (unpaired) electrons. The standard InChI is InChI=1S/C10H15ClN2O2S.ClH/c1-8-7-9(11)3-4-10(8)16(14,15)13-6-2-5-12;/h3-4,7,13H,2,5-6,12H2,1H3;1H. The monoisotopic (exact) mass is 298 g/mol. The van der Waals surface area contributed by atoms with Crippen molar-refractivity contribution in [2.45, 2.75) is 18.2 Å². The van der Waals surface area contributed by atoms with Crippen LogP contribution < -0.4 is 10.5 Å². The highest BCUT2D eigenvalue weighted by molar-refractivity contribution is 7.89. The van der Waals surface area contributed by atoms with E-state index >= 15 is 0 Å². The number of hydrogen-bond acceptors (Lipinski definition) is 3. The first-order valence-corrected chi connectivity index (χ1v) is 6.79. The average molecular weight is 299 g/mol. The van der Waals surface area contributed by atoms with Crippen LogP contribution in [0.5, 0.6) is 0 Å². The molecule has 1 rings (SSSR count). The molecule has 4 nitrogen and oxygen atoms in total. The van der Waals surface area contributed by atoms with Gasteiger partial charge >= 0.3 is 0 Å². The summed E-state index contributed by atoms with van der Waals surface area (Å²) in [5.74, 6) is 0. The Morgan fingerprint density at radius 3 is 2.59 bits per heavy atom. The summed E-state index contributed by atoms with van der Waals surface area (Å²) in [4.78, 5) is 0.258. The molecule has 0 aliphatic rings. The van der Waals surface area contributed by atoms with Crippen LogP contribution in [0.15, 0.2) is 23.1 Å². The molecule has 98 valence electrons. The molecule has 1 aromatic carbocycles. The molecule has 17 heavy (non-hydrogen) atoms. The van der Waals surface area contributed by atoms with Gasteiger partial charge in [-0.3, -0.25) is 0 Å². The Morgan fingerprint density at radius 2 is 2.06 bits per heavy atom. The molecule has 0 heterocycles. The minimum atomic E-state index is -3.44. The summed E-state index contributed by atoms with van der Waals surface area (Å²) in [6, 6.07) is 4.69. The average Bonchev–Trinajstić information content (AvgIpc) is 2.17. The summed E-state index contributed by atoms with van der Waals surface area (Å²) < 4.78 is 26.2. The van der Waals surface area contributed by atoms with Crippen molar-refractivity contribution in [3.63, 3.8) is 0 Å². The second kappa shape index (κ2) is 7.18. The lowest BCUT2D eigenvalue weighted by Crippen LogP contribution is -2.26. The van der Waals surface area contributed by atoms with E-state index in [4.69, 9.17) is 17.3 Å². The van der Waals surface area contributed by atoms with Crippen LogP contribution in [-0.4, -0.2) is 21.5 Å². The number of rotatable bonds is 5. The van der Waals surface area contributed by atoms with Crippen molar-refractivity contribution in [2.75, 3.05) is 13.1 Å². The molecule has 0 atom stereocenters. The number of sulfonamides is 1. The summed E-state index contributed by atoms with van der Waals surface area (Å²) in [7, 11) is -3.44. The molecule has 0 aliphatic heterocycles. The van der Waals surface area contributed by atoms with E-state index in [0.717, 1.165) is 0 Å². The molecule has 0 bridgehead atoms. The third-order valence-corrected chi connectivity index (χ3v) is 3.96. The zero-order valence-corrected chi connectivity index (χ0v) is 11.8. The van der Waals surface area contributed by atoms with E-state index in [-0.39, 0.29) is 17.3 Å². The van der Waals surface area contributed by atoms with Crippen LogP contribution >= 0.6 is 24.0 Å². The fraction of sp³-hybridized carbons (Fsp3) is 0.400. The molecule has 7 heteroatoms.